The lowest BCUT2D eigenvalue weighted by molar-refractivity contribution is 0.580. The van der Waals surface area contributed by atoms with Gasteiger partial charge in [-0.3, -0.25) is 0 Å². The van der Waals surface area contributed by atoms with E-state index in [0.29, 0.717) is 23.7 Å². The van der Waals surface area contributed by atoms with Crippen molar-refractivity contribution in [3.05, 3.63) is 76.6 Å². The van der Waals surface area contributed by atoms with Gasteiger partial charge in [0, 0.05) is 24.5 Å². The molecule has 5 nitrogen and oxygen atoms in total. The fraction of sp³-hybridized carbons (Fsp3) is 0.273. The Kier molecular flexibility index (Phi) is 5.91. The molecule has 1 aromatic heterocycles. The Morgan fingerprint density at radius 3 is 2.04 bits per heavy atom. The van der Waals surface area contributed by atoms with Crippen LogP contribution in [0.2, 0.25) is 0 Å². The Morgan fingerprint density at radius 2 is 1.46 bits per heavy atom. The molecule has 28 heavy (non-hydrogen) atoms. The maximum absolute atomic E-state index is 12.9. The van der Waals surface area contributed by atoms with Crippen molar-refractivity contribution < 1.29 is 8.42 Å². The molecule has 3 aromatic rings. The molecule has 0 saturated carbocycles. The summed E-state index contributed by atoms with van der Waals surface area (Å²) in [5.74, 6) is 0.659. The van der Waals surface area contributed by atoms with E-state index < -0.39 is 10.0 Å². The van der Waals surface area contributed by atoms with E-state index in [0.717, 1.165) is 33.4 Å². The van der Waals surface area contributed by atoms with Gasteiger partial charge in [-0.05, 0) is 61.9 Å². The molecular weight excluding hydrogens is 370 g/mol. The zero-order valence-corrected chi connectivity index (χ0v) is 17.5. The highest BCUT2D eigenvalue weighted by Crippen LogP contribution is 2.25. The van der Waals surface area contributed by atoms with Crippen LogP contribution < -0.4 is 4.72 Å². The molecule has 0 spiro atoms. The first-order valence-electron chi connectivity index (χ1n) is 9.23. The fourth-order valence-electron chi connectivity index (χ4n) is 3.21. The van der Waals surface area contributed by atoms with E-state index in [1.54, 1.807) is 12.4 Å². The van der Waals surface area contributed by atoms with Crippen LogP contribution in [0.1, 0.15) is 27.8 Å². The van der Waals surface area contributed by atoms with Crippen LogP contribution in [0, 0.1) is 27.7 Å². The van der Waals surface area contributed by atoms with Crippen LogP contribution >= 0.6 is 0 Å². The van der Waals surface area contributed by atoms with Crippen molar-refractivity contribution in [2.75, 3.05) is 6.54 Å². The number of aromatic nitrogens is 2. The minimum absolute atomic E-state index is 0.294. The molecule has 0 aliphatic rings. The van der Waals surface area contributed by atoms with Crippen molar-refractivity contribution >= 4 is 10.0 Å². The van der Waals surface area contributed by atoms with Gasteiger partial charge in [0.2, 0.25) is 10.0 Å². The van der Waals surface area contributed by atoms with E-state index in [1.807, 2.05) is 64.1 Å². The summed E-state index contributed by atoms with van der Waals surface area (Å²) in [7, 11) is -3.58. The van der Waals surface area contributed by atoms with Gasteiger partial charge < -0.3 is 0 Å². The molecule has 146 valence electrons. The lowest BCUT2D eigenvalue weighted by atomic mass is 10.0. The first-order chi connectivity index (χ1) is 13.3. The number of hydrogen-bond acceptors (Lipinski definition) is 4. The number of aryl methyl sites for hydroxylation is 2. The van der Waals surface area contributed by atoms with E-state index in [4.69, 9.17) is 0 Å². The van der Waals surface area contributed by atoms with Gasteiger partial charge in [-0.25, -0.2) is 23.1 Å². The zero-order chi connectivity index (χ0) is 20.3. The van der Waals surface area contributed by atoms with Crippen molar-refractivity contribution in [3.63, 3.8) is 0 Å². The van der Waals surface area contributed by atoms with E-state index in [9.17, 15) is 8.42 Å². The topological polar surface area (TPSA) is 72.0 Å². The predicted octanol–water partition coefficient (Wildman–Crippen LogP) is 3.90. The first-order valence-corrected chi connectivity index (χ1v) is 10.7. The maximum atomic E-state index is 12.9. The van der Waals surface area contributed by atoms with Gasteiger partial charge in [-0.15, -0.1) is 0 Å². The number of nitrogens with zero attached hydrogens (tertiary/aromatic N) is 2. The van der Waals surface area contributed by atoms with Gasteiger partial charge in [0.1, 0.15) is 0 Å². The van der Waals surface area contributed by atoms with E-state index in [1.165, 1.54) is 0 Å². The molecule has 0 amide bonds. The normalized spacial score (nSPS) is 11.6. The van der Waals surface area contributed by atoms with Crippen LogP contribution in [0.4, 0.5) is 0 Å². The van der Waals surface area contributed by atoms with Crippen LogP contribution in [0.15, 0.2) is 53.7 Å². The molecule has 0 radical (unpaired) electrons. The standard InChI is InChI=1S/C22H25N3O2S/c1-15-12-16(2)18(4)21(17(15)3)28(26,27)25-11-10-19-13-23-22(24-14-19)20-8-6-5-7-9-20/h5-9,12-14,25H,10-11H2,1-4H3. The highest BCUT2D eigenvalue weighted by Gasteiger charge is 2.21. The molecule has 2 aromatic carbocycles. The number of hydrogen-bond donors (Lipinski definition) is 1. The van der Waals surface area contributed by atoms with Crippen LogP contribution in [0.5, 0.6) is 0 Å². The minimum atomic E-state index is -3.58. The highest BCUT2D eigenvalue weighted by molar-refractivity contribution is 7.89. The summed E-state index contributed by atoms with van der Waals surface area (Å²) >= 11 is 0. The van der Waals surface area contributed by atoms with Gasteiger partial charge in [-0.2, -0.15) is 0 Å². The summed E-state index contributed by atoms with van der Waals surface area (Å²) in [4.78, 5) is 9.16. The van der Waals surface area contributed by atoms with Crippen LogP contribution in [0.3, 0.4) is 0 Å². The lowest BCUT2D eigenvalue weighted by Crippen LogP contribution is -2.28. The zero-order valence-electron chi connectivity index (χ0n) is 16.7. The first kappa shape index (κ1) is 20.2. The summed E-state index contributed by atoms with van der Waals surface area (Å²) in [6.07, 6.45) is 4.02. The second-order valence-corrected chi connectivity index (χ2v) is 8.72. The van der Waals surface area contributed by atoms with Crippen molar-refractivity contribution in [1.29, 1.82) is 0 Å². The number of rotatable bonds is 6. The summed E-state index contributed by atoms with van der Waals surface area (Å²) in [5, 5.41) is 0. The van der Waals surface area contributed by atoms with E-state index in [-0.39, 0.29) is 0 Å². The predicted molar refractivity (Wildman–Crippen MR) is 112 cm³/mol. The second-order valence-electron chi connectivity index (χ2n) is 7.02. The van der Waals surface area contributed by atoms with Crippen molar-refractivity contribution in [2.24, 2.45) is 0 Å². The quantitative estimate of drug-likeness (QED) is 0.687. The molecule has 0 bridgehead atoms. The number of nitrogens with one attached hydrogen (secondary N) is 1. The SMILES string of the molecule is Cc1cc(C)c(C)c(S(=O)(=O)NCCc2cnc(-c3ccccc3)nc2)c1C. The molecule has 3 rings (SSSR count). The largest absolute Gasteiger partial charge is 0.241 e. The molecule has 1 heterocycles. The van der Waals surface area contributed by atoms with Gasteiger partial charge in [-0.1, -0.05) is 36.4 Å². The third-order valence-electron chi connectivity index (χ3n) is 5.01. The molecule has 1 N–H and O–H groups in total. The lowest BCUT2D eigenvalue weighted by Gasteiger charge is -2.16. The molecule has 0 aliphatic heterocycles. The Balaban J connectivity index is 1.70. The molecule has 0 saturated heterocycles. The number of sulfonamides is 1. The third kappa shape index (κ3) is 4.29. The van der Waals surface area contributed by atoms with Crippen molar-refractivity contribution in [2.45, 2.75) is 39.0 Å². The van der Waals surface area contributed by atoms with Crippen LogP contribution in [-0.4, -0.2) is 24.9 Å². The Hall–Kier alpha value is -2.57. The molecular formula is C22H25N3O2S. The summed E-state index contributed by atoms with van der Waals surface area (Å²) in [6, 6.07) is 11.8. The third-order valence-corrected chi connectivity index (χ3v) is 6.74. The summed E-state index contributed by atoms with van der Waals surface area (Å²) in [6.45, 7) is 7.88. The van der Waals surface area contributed by atoms with E-state index in [2.05, 4.69) is 14.7 Å². The summed E-state index contributed by atoms with van der Waals surface area (Å²) < 4.78 is 28.5. The number of benzene rings is 2. The Morgan fingerprint density at radius 1 is 0.893 bits per heavy atom. The fourth-order valence-corrected chi connectivity index (χ4v) is 4.85. The van der Waals surface area contributed by atoms with Crippen LogP contribution in [0.25, 0.3) is 11.4 Å². The Labute approximate surface area is 166 Å². The molecule has 0 fully saturated rings. The van der Waals surface area contributed by atoms with Gasteiger partial charge in [0.15, 0.2) is 5.82 Å². The Bertz CT molecular complexity index is 1050. The summed E-state index contributed by atoms with van der Waals surface area (Å²) in [5.41, 5.74) is 5.39. The average molecular weight is 396 g/mol. The molecule has 0 atom stereocenters. The monoisotopic (exact) mass is 395 g/mol. The second kappa shape index (κ2) is 8.20. The minimum Gasteiger partial charge on any atom is -0.236 e. The molecule has 6 heteroatoms. The smallest absolute Gasteiger partial charge is 0.236 e. The van der Waals surface area contributed by atoms with E-state index >= 15 is 0 Å². The van der Waals surface area contributed by atoms with Gasteiger partial charge >= 0.3 is 0 Å². The molecule has 0 aliphatic carbocycles. The van der Waals surface area contributed by atoms with Gasteiger partial charge in [0.25, 0.3) is 0 Å². The highest BCUT2D eigenvalue weighted by atomic mass is 32.2. The molecule has 0 unspecified atom stereocenters. The average Bonchev–Trinajstić information content (AvgIpc) is 2.67. The van der Waals surface area contributed by atoms with Crippen LogP contribution in [-0.2, 0) is 16.4 Å². The maximum Gasteiger partial charge on any atom is 0.241 e. The van der Waals surface area contributed by atoms with Gasteiger partial charge in [0.05, 0.1) is 4.90 Å². The van der Waals surface area contributed by atoms with Crippen molar-refractivity contribution in [3.8, 4) is 11.4 Å². The van der Waals surface area contributed by atoms with Crippen molar-refractivity contribution in [1.82, 2.24) is 14.7 Å².